The molecule has 0 aliphatic heterocycles. The zero-order valence-corrected chi connectivity index (χ0v) is 20.3. The van der Waals surface area contributed by atoms with Crippen LogP contribution >= 0.6 is 11.8 Å². The maximum atomic E-state index is 12.4. The second kappa shape index (κ2) is 10.5. The number of carbonyl (C=O) groups is 1. The summed E-state index contributed by atoms with van der Waals surface area (Å²) < 4.78 is 1.98. The summed E-state index contributed by atoms with van der Waals surface area (Å²) >= 11 is 1.32. The van der Waals surface area contributed by atoms with Gasteiger partial charge in [0.15, 0.2) is 11.0 Å². The Morgan fingerprint density at radius 2 is 1.59 bits per heavy atom. The maximum Gasteiger partial charge on any atom is 0.250 e. The molecule has 0 unspecified atom stereocenters. The average Bonchev–Trinajstić information content (AvgIpc) is 3.27. The van der Waals surface area contributed by atoms with Crippen LogP contribution in [0.5, 0.6) is 0 Å². The molecule has 4 aromatic rings. The first-order valence-corrected chi connectivity index (χ1v) is 12.0. The van der Waals surface area contributed by atoms with Gasteiger partial charge in [0.1, 0.15) is 0 Å². The van der Waals surface area contributed by atoms with E-state index in [1.54, 1.807) is 6.21 Å². The van der Waals surface area contributed by atoms with Crippen molar-refractivity contribution in [2.45, 2.75) is 31.3 Å². The van der Waals surface area contributed by atoms with Crippen molar-refractivity contribution in [3.05, 3.63) is 96.1 Å². The first-order chi connectivity index (χ1) is 16.4. The molecule has 0 fully saturated rings. The largest absolute Gasteiger partial charge is 0.272 e. The highest BCUT2D eigenvalue weighted by Crippen LogP contribution is 2.30. The third-order valence-corrected chi connectivity index (χ3v) is 6.12. The molecule has 0 saturated heterocycles. The molecule has 0 aliphatic carbocycles. The molecule has 0 radical (unpaired) electrons. The summed E-state index contributed by atoms with van der Waals surface area (Å²) in [5, 5.41) is 13.5. The average molecular weight is 470 g/mol. The minimum Gasteiger partial charge on any atom is -0.272 e. The molecule has 6 nitrogen and oxygen atoms in total. The van der Waals surface area contributed by atoms with Gasteiger partial charge in [-0.15, -0.1) is 10.2 Å². The Balaban J connectivity index is 1.53. The van der Waals surface area contributed by atoms with E-state index in [1.807, 2.05) is 65.2 Å². The Labute approximate surface area is 204 Å². The Kier molecular flexibility index (Phi) is 7.23. The zero-order chi connectivity index (χ0) is 24.0. The van der Waals surface area contributed by atoms with Crippen LogP contribution in [0.25, 0.3) is 17.1 Å². The van der Waals surface area contributed by atoms with E-state index in [0.717, 1.165) is 22.6 Å². The lowest BCUT2D eigenvalue weighted by Crippen LogP contribution is -2.20. The number of carbonyl (C=O) groups excluding carboxylic acids is 1. The van der Waals surface area contributed by atoms with Gasteiger partial charge in [-0.1, -0.05) is 105 Å². The van der Waals surface area contributed by atoms with Crippen LogP contribution < -0.4 is 5.43 Å². The number of hydrogen-bond donors (Lipinski definition) is 1. The molecule has 0 saturated carbocycles. The van der Waals surface area contributed by atoms with Gasteiger partial charge < -0.3 is 0 Å². The molecule has 1 heterocycles. The van der Waals surface area contributed by atoms with E-state index in [0.29, 0.717) is 5.16 Å². The van der Waals surface area contributed by atoms with Crippen LogP contribution in [-0.2, 0) is 10.2 Å². The van der Waals surface area contributed by atoms with Gasteiger partial charge >= 0.3 is 0 Å². The highest BCUT2D eigenvalue weighted by molar-refractivity contribution is 7.99. The Morgan fingerprint density at radius 3 is 2.24 bits per heavy atom. The number of amides is 1. The quantitative estimate of drug-likeness (QED) is 0.221. The fourth-order valence-corrected chi connectivity index (χ4v) is 4.10. The van der Waals surface area contributed by atoms with Crippen molar-refractivity contribution in [2.75, 3.05) is 5.75 Å². The summed E-state index contributed by atoms with van der Waals surface area (Å²) in [5.74, 6) is 0.688. The van der Waals surface area contributed by atoms with Crippen molar-refractivity contribution in [1.82, 2.24) is 20.2 Å². The number of rotatable bonds is 7. The number of hydrogen-bond acceptors (Lipinski definition) is 5. The summed E-state index contributed by atoms with van der Waals surface area (Å²) in [6.45, 7) is 6.58. The number of aromatic nitrogens is 3. The van der Waals surface area contributed by atoms with Gasteiger partial charge in [-0.05, 0) is 28.7 Å². The van der Waals surface area contributed by atoms with E-state index in [4.69, 9.17) is 0 Å². The van der Waals surface area contributed by atoms with Crippen molar-refractivity contribution in [2.24, 2.45) is 5.10 Å². The van der Waals surface area contributed by atoms with Gasteiger partial charge in [-0.3, -0.25) is 9.36 Å². The lowest BCUT2D eigenvalue weighted by Gasteiger charge is -2.19. The third kappa shape index (κ3) is 5.80. The van der Waals surface area contributed by atoms with Crippen LogP contribution in [0.4, 0.5) is 0 Å². The predicted octanol–water partition coefficient (Wildman–Crippen LogP) is 5.47. The van der Waals surface area contributed by atoms with E-state index in [-0.39, 0.29) is 17.1 Å². The number of thioether (sulfide) groups is 1. The van der Waals surface area contributed by atoms with Crippen LogP contribution in [0.3, 0.4) is 0 Å². The Bertz CT molecular complexity index is 1260. The topological polar surface area (TPSA) is 72.2 Å². The number of nitrogens with zero attached hydrogens (tertiary/aromatic N) is 4. The predicted molar refractivity (Wildman–Crippen MR) is 138 cm³/mol. The monoisotopic (exact) mass is 469 g/mol. The lowest BCUT2D eigenvalue weighted by molar-refractivity contribution is -0.118. The number of para-hydroxylation sites is 1. The molecule has 0 spiro atoms. The highest BCUT2D eigenvalue weighted by atomic mass is 32.2. The fraction of sp³-hybridized carbons (Fsp3) is 0.185. The van der Waals surface area contributed by atoms with Gasteiger partial charge in [0.2, 0.25) is 0 Å². The van der Waals surface area contributed by atoms with Crippen LogP contribution in [0.15, 0.2) is 95.2 Å². The SMILES string of the molecule is CC(C)(C)c1ccc(-c2nnc(SCC(=O)N/N=C/c3ccccc3)n2-c2ccccc2)cc1. The van der Waals surface area contributed by atoms with Crippen molar-refractivity contribution in [3.8, 4) is 17.1 Å². The summed E-state index contributed by atoms with van der Waals surface area (Å²) in [6, 6.07) is 27.9. The van der Waals surface area contributed by atoms with Crippen molar-refractivity contribution >= 4 is 23.9 Å². The molecule has 172 valence electrons. The second-order valence-corrected chi connectivity index (χ2v) is 9.74. The maximum absolute atomic E-state index is 12.4. The standard InChI is InChI=1S/C27H27N5OS/c1-27(2,3)22-16-14-21(15-17-22)25-30-31-26(32(25)23-12-8-5-9-13-23)34-19-24(33)29-28-18-20-10-6-4-7-11-20/h4-18H,19H2,1-3H3,(H,29,33)/b28-18+. The molecule has 3 aromatic carbocycles. The molecule has 0 aliphatic rings. The van der Waals surface area contributed by atoms with Crippen LogP contribution in [0.1, 0.15) is 31.9 Å². The summed E-state index contributed by atoms with van der Waals surface area (Å²) in [6.07, 6.45) is 1.62. The molecule has 34 heavy (non-hydrogen) atoms. The molecule has 0 bridgehead atoms. The van der Waals surface area contributed by atoms with E-state index >= 15 is 0 Å². The number of nitrogens with one attached hydrogen (secondary N) is 1. The number of benzene rings is 3. The molecule has 7 heteroatoms. The fourth-order valence-electron chi connectivity index (χ4n) is 3.36. The molecule has 1 N–H and O–H groups in total. The zero-order valence-electron chi connectivity index (χ0n) is 19.5. The third-order valence-electron chi connectivity index (χ3n) is 5.19. The van der Waals surface area contributed by atoms with Crippen LogP contribution in [0.2, 0.25) is 0 Å². The molecule has 0 atom stereocenters. The van der Waals surface area contributed by atoms with Crippen LogP contribution in [-0.4, -0.2) is 32.6 Å². The van der Waals surface area contributed by atoms with Gasteiger partial charge in [0, 0.05) is 11.3 Å². The Morgan fingerprint density at radius 1 is 0.941 bits per heavy atom. The smallest absolute Gasteiger partial charge is 0.250 e. The number of hydrazone groups is 1. The minimum absolute atomic E-state index is 0.0724. The first kappa shape index (κ1) is 23.4. The Hall–Kier alpha value is -3.71. The molecular formula is C27H27N5OS. The van der Waals surface area contributed by atoms with E-state index in [9.17, 15) is 4.79 Å². The normalized spacial score (nSPS) is 11.6. The first-order valence-electron chi connectivity index (χ1n) is 11.0. The van der Waals surface area contributed by atoms with Crippen molar-refractivity contribution < 1.29 is 4.79 Å². The van der Waals surface area contributed by atoms with Gasteiger partial charge in [0.25, 0.3) is 5.91 Å². The highest BCUT2D eigenvalue weighted by Gasteiger charge is 2.19. The van der Waals surface area contributed by atoms with Gasteiger partial charge in [-0.25, -0.2) is 5.43 Å². The van der Waals surface area contributed by atoms with Crippen molar-refractivity contribution in [1.29, 1.82) is 0 Å². The van der Waals surface area contributed by atoms with E-state index in [2.05, 4.69) is 65.8 Å². The summed E-state index contributed by atoms with van der Waals surface area (Å²) in [4.78, 5) is 12.4. The van der Waals surface area contributed by atoms with E-state index < -0.39 is 0 Å². The molecular weight excluding hydrogens is 442 g/mol. The minimum atomic E-state index is -0.212. The second-order valence-electron chi connectivity index (χ2n) is 8.80. The lowest BCUT2D eigenvalue weighted by atomic mass is 9.87. The molecule has 1 aromatic heterocycles. The van der Waals surface area contributed by atoms with E-state index in [1.165, 1.54) is 17.3 Å². The molecule has 4 rings (SSSR count). The van der Waals surface area contributed by atoms with Gasteiger partial charge in [0.05, 0.1) is 12.0 Å². The summed E-state index contributed by atoms with van der Waals surface area (Å²) in [5.41, 5.74) is 6.72. The van der Waals surface area contributed by atoms with Gasteiger partial charge in [-0.2, -0.15) is 5.10 Å². The van der Waals surface area contributed by atoms with Crippen LogP contribution in [0, 0.1) is 0 Å². The van der Waals surface area contributed by atoms with Crippen molar-refractivity contribution in [3.63, 3.8) is 0 Å². The summed E-state index contributed by atoms with van der Waals surface area (Å²) in [7, 11) is 0. The molecule has 1 amide bonds.